The van der Waals surface area contributed by atoms with Gasteiger partial charge in [0.05, 0.1) is 13.5 Å². The quantitative estimate of drug-likeness (QED) is 0.706. The Hall–Kier alpha value is -1.10. The number of ether oxygens (including phenoxy) is 1. The predicted molar refractivity (Wildman–Crippen MR) is 71.5 cm³/mol. The second-order valence-corrected chi connectivity index (χ2v) is 6.24. The zero-order valence-electron chi connectivity index (χ0n) is 12.1. The lowest BCUT2D eigenvalue weighted by Crippen LogP contribution is -2.49. The minimum atomic E-state index is -0.168. The maximum Gasteiger partial charge on any atom is 0.306 e. The topological polar surface area (TPSA) is 49.9 Å². The van der Waals surface area contributed by atoms with E-state index >= 15 is 0 Å². The summed E-state index contributed by atoms with van der Waals surface area (Å²) in [6.45, 7) is 8.32. The molecule has 1 saturated heterocycles. The molecule has 1 amide bonds. The first-order valence-corrected chi connectivity index (χ1v) is 7.02. The van der Waals surface area contributed by atoms with E-state index in [1.165, 1.54) is 7.11 Å². The molecule has 0 bridgehead atoms. The van der Waals surface area contributed by atoms with Crippen LogP contribution < -0.4 is 0 Å². The van der Waals surface area contributed by atoms with Crippen molar-refractivity contribution in [3.05, 3.63) is 0 Å². The Labute approximate surface area is 114 Å². The zero-order valence-corrected chi connectivity index (χ0v) is 12.1. The number of esters is 1. The molecule has 2 fully saturated rings. The van der Waals surface area contributed by atoms with Crippen molar-refractivity contribution in [1.82, 2.24) is 9.80 Å². The smallest absolute Gasteiger partial charge is 0.306 e. The number of methoxy groups -OCH3 is 1. The van der Waals surface area contributed by atoms with Crippen LogP contribution in [0.5, 0.6) is 0 Å². The lowest BCUT2D eigenvalue weighted by atomic mass is 10.1. The fourth-order valence-electron chi connectivity index (χ4n) is 2.65. The van der Waals surface area contributed by atoms with Crippen LogP contribution in [0.3, 0.4) is 0 Å². The van der Waals surface area contributed by atoms with Crippen molar-refractivity contribution in [2.75, 3.05) is 39.8 Å². The highest BCUT2D eigenvalue weighted by molar-refractivity contribution is 5.82. The number of carbonyl (C=O) groups excluding carboxylic acids is 2. The molecule has 1 atom stereocenters. The van der Waals surface area contributed by atoms with E-state index < -0.39 is 0 Å². The van der Waals surface area contributed by atoms with Gasteiger partial charge in [-0.05, 0) is 11.8 Å². The number of nitrogens with zero attached hydrogens (tertiary/aromatic N) is 2. The molecule has 1 aliphatic carbocycles. The summed E-state index contributed by atoms with van der Waals surface area (Å²) >= 11 is 0. The third-order valence-electron chi connectivity index (χ3n) is 4.36. The Balaban J connectivity index is 1.71. The summed E-state index contributed by atoms with van der Waals surface area (Å²) in [7, 11) is 1.41. The number of amides is 1. The average molecular weight is 268 g/mol. The fourth-order valence-corrected chi connectivity index (χ4v) is 2.65. The van der Waals surface area contributed by atoms with Gasteiger partial charge in [-0.2, -0.15) is 0 Å². The second-order valence-electron chi connectivity index (χ2n) is 6.24. The Morgan fingerprint density at radius 1 is 1.21 bits per heavy atom. The SMILES string of the molecule is COC(=O)CCN1CCN(C(=O)C2CC2(C)C)CC1. The van der Waals surface area contributed by atoms with Gasteiger partial charge >= 0.3 is 5.97 Å². The van der Waals surface area contributed by atoms with Gasteiger partial charge in [-0.1, -0.05) is 13.8 Å². The van der Waals surface area contributed by atoms with Crippen molar-refractivity contribution in [2.24, 2.45) is 11.3 Å². The van der Waals surface area contributed by atoms with Crippen molar-refractivity contribution in [2.45, 2.75) is 26.7 Å². The molecule has 0 N–H and O–H groups in total. The van der Waals surface area contributed by atoms with Crippen molar-refractivity contribution in [3.8, 4) is 0 Å². The van der Waals surface area contributed by atoms with Crippen LogP contribution in [0.4, 0.5) is 0 Å². The van der Waals surface area contributed by atoms with E-state index in [1.807, 2.05) is 4.90 Å². The maximum absolute atomic E-state index is 12.2. The zero-order chi connectivity index (χ0) is 14.0. The fraction of sp³-hybridized carbons (Fsp3) is 0.857. The molecule has 0 spiro atoms. The Morgan fingerprint density at radius 3 is 2.26 bits per heavy atom. The normalized spacial score (nSPS) is 26.1. The summed E-state index contributed by atoms with van der Waals surface area (Å²) in [4.78, 5) is 27.5. The summed E-state index contributed by atoms with van der Waals surface area (Å²) in [5, 5.41) is 0. The van der Waals surface area contributed by atoms with Crippen molar-refractivity contribution >= 4 is 11.9 Å². The molecule has 5 nitrogen and oxygen atoms in total. The predicted octanol–water partition coefficient (Wildman–Crippen LogP) is 0.740. The highest BCUT2D eigenvalue weighted by atomic mass is 16.5. The Morgan fingerprint density at radius 2 is 1.79 bits per heavy atom. The van der Waals surface area contributed by atoms with Gasteiger partial charge in [-0.3, -0.25) is 14.5 Å². The van der Waals surface area contributed by atoms with E-state index in [-0.39, 0.29) is 17.3 Å². The number of rotatable bonds is 4. The molecular weight excluding hydrogens is 244 g/mol. The number of piperazine rings is 1. The van der Waals surface area contributed by atoms with Gasteiger partial charge in [0.1, 0.15) is 0 Å². The van der Waals surface area contributed by atoms with Gasteiger partial charge in [-0.25, -0.2) is 0 Å². The van der Waals surface area contributed by atoms with Gasteiger partial charge < -0.3 is 9.64 Å². The number of hydrogen-bond donors (Lipinski definition) is 0. The standard InChI is InChI=1S/C14H24N2O3/c1-14(2)10-11(14)13(18)16-8-6-15(7-9-16)5-4-12(17)19-3/h11H,4-10H2,1-3H3. The first-order valence-electron chi connectivity index (χ1n) is 7.02. The van der Waals surface area contributed by atoms with Crippen LogP contribution in [0.25, 0.3) is 0 Å². The van der Waals surface area contributed by atoms with E-state index in [2.05, 4.69) is 23.5 Å². The van der Waals surface area contributed by atoms with Crippen molar-refractivity contribution in [1.29, 1.82) is 0 Å². The summed E-state index contributed by atoms with van der Waals surface area (Å²) < 4.78 is 4.63. The average Bonchev–Trinajstić information content (AvgIpc) is 3.04. The minimum absolute atomic E-state index is 0.168. The molecule has 0 aromatic heterocycles. The molecule has 1 heterocycles. The van der Waals surface area contributed by atoms with Crippen LogP contribution in [0.1, 0.15) is 26.7 Å². The molecular formula is C14H24N2O3. The van der Waals surface area contributed by atoms with Gasteiger partial charge in [0.25, 0.3) is 0 Å². The van der Waals surface area contributed by atoms with E-state index in [0.29, 0.717) is 12.3 Å². The number of carbonyl (C=O) groups is 2. The molecule has 1 unspecified atom stereocenters. The minimum Gasteiger partial charge on any atom is -0.469 e. The molecule has 108 valence electrons. The van der Waals surface area contributed by atoms with E-state index in [1.54, 1.807) is 0 Å². The highest BCUT2D eigenvalue weighted by Crippen LogP contribution is 2.52. The number of hydrogen-bond acceptors (Lipinski definition) is 4. The highest BCUT2D eigenvalue weighted by Gasteiger charge is 2.52. The van der Waals surface area contributed by atoms with Crippen LogP contribution in [0.2, 0.25) is 0 Å². The molecule has 2 rings (SSSR count). The molecule has 5 heteroatoms. The Bertz CT molecular complexity index is 360. The van der Waals surface area contributed by atoms with E-state index in [4.69, 9.17) is 0 Å². The molecule has 1 aliphatic heterocycles. The second kappa shape index (κ2) is 5.49. The summed E-state index contributed by atoms with van der Waals surface area (Å²) in [5.74, 6) is 0.380. The first kappa shape index (κ1) is 14.3. The largest absolute Gasteiger partial charge is 0.469 e. The van der Waals surface area contributed by atoms with Crippen LogP contribution in [-0.2, 0) is 14.3 Å². The van der Waals surface area contributed by atoms with Gasteiger partial charge in [0.2, 0.25) is 5.91 Å². The lowest BCUT2D eigenvalue weighted by molar-refractivity contribution is -0.141. The molecule has 0 aromatic rings. The molecule has 19 heavy (non-hydrogen) atoms. The van der Waals surface area contributed by atoms with Crippen LogP contribution in [0, 0.1) is 11.3 Å². The van der Waals surface area contributed by atoms with Crippen molar-refractivity contribution in [3.63, 3.8) is 0 Å². The molecule has 0 radical (unpaired) electrons. The first-order chi connectivity index (χ1) is 8.94. The molecule has 0 aromatic carbocycles. The van der Waals surface area contributed by atoms with Crippen LogP contribution >= 0.6 is 0 Å². The summed E-state index contributed by atoms with van der Waals surface area (Å²) in [6, 6.07) is 0. The molecule has 2 aliphatic rings. The van der Waals surface area contributed by atoms with E-state index in [0.717, 1.165) is 39.1 Å². The monoisotopic (exact) mass is 268 g/mol. The third-order valence-corrected chi connectivity index (χ3v) is 4.36. The Kier molecular flexibility index (Phi) is 4.13. The van der Waals surface area contributed by atoms with Gasteiger partial charge in [-0.15, -0.1) is 0 Å². The van der Waals surface area contributed by atoms with Gasteiger partial charge in [0.15, 0.2) is 0 Å². The third kappa shape index (κ3) is 3.47. The maximum atomic E-state index is 12.2. The summed E-state index contributed by atoms with van der Waals surface area (Å²) in [6.07, 6.45) is 1.45. The van der Waals surface area contributed by atoms with E-state index in [9.17, 15) is 9.59 Å². The summed E-state index contributed by atoms with van der Waals surface area (Å²) in [5.41, 5.74) is 0.207. The van der Waals surface area contributed by atoms with Gasteiger partial charge in [0, 0.05) is 38.6 Å². The van der Waals surface area contributed by atoms with Crippen LogP contribution in [0.15, 0.2) is 0 Å². The van der Waals surface area contributed by atoms with Crippen molar-refractivity contribution < 1.29 is 14.3 Å². The van der Waals surface area contributed by atoms with Crippen LogP contribution in [-0.4, -0.2) is 61.5 Å². The lowest BCUT2D eigenvalue weighted by Gasteiger charge is -2.35. The molecule has 1 saturated carbocycles.